The number of benzene rings is 2. The first-order valence-electron chi connectivity index (χ1n) is 12.0. The van der Waals surface area contributed by atoms with Crippen molar-refractivity contribution in [2.75, 3.05) is 51.2 Å². The maximum atomic E-state index is 13.6. The molecule has 35 heavy (non-hydrogen) atoms. The van der Waals surface area contributed by atoms with Crippen LogP contribution in [0.2, 0.25) is 0 Å². The Balaban J connectivity index is 1.79. The monoisotopic (exact) mass is 483 g/mol. The molecule has 0 saturated carbocycles. The van der Waals surface area contributed by atoms with Gasteiger partial charge in [0.2, 0.25) is 0 Å². The number of anilines is 1. The Bertz CT molecular complexity index is 1220. The Morgan fingerprint density at radius 2 is 1.71 bits per heavy atom. The molecule has 4 rings (SSSR count). The average molecular weight is 484 g/mol. The van der Waals surface area contributed by atoms with Crippen LogP contribution in [0.3, 0.4) is 0 Å². The Morgan fingerprint density at radius 1 is 1.00 bits per heavy atom. The summed E-state index contributed by atoms with van der Waals surface area (Å²) in [6, 6.07) is 6.29. The van der Waals surface area contributed by atoms with Crippen molar-refractivity contribution < 1.29 is 25.2 Å². The molecule has 0 amide bonds. The second kappa shape index (κ2) is 10.6. The molecule has 0 spiro atoms. The lowest BCUT2D eigenvalue weighted by atomic mass is 9.85. The summed E-state index contributed by atoms with van der Waals surface area (Å²) >= 11 is 0. The van der Waals surface area contributed by atoms with Gasteiger partial charge in [0.05, 0.1) is 41.5 Å². The number of nitrogens with zero attached hydrogens (tertiary/aromatic N) is 3. The molecule has 1 unspecified atom stereocenters. The van der Waals surface area contributed by atoms with Gasteiger partial charge in [-0.25, -0.2) is 0 Å². The average Bonchev–Trinajstić information content (AvgIpc) is 3.20. The summed E-state index contributed by atoms with van der Waals surface area (Å²) in [6.45, 7) is 8.02. The Morgan fingerprint density at radius 3 is 2.40 bits per heavy atom. The molecule has 6 N–H and O–H groups in total. The highest BCUT2D eigenvalue weighted by molar-refractivity contribution is 6.29. The smallest absolute Gasteiger partial charge is 0.200 e. The van der Waals surface area contributed by atoms with E-state index < -0.39 is 11.9 Å². The van der Waals surface area contributed by atoms with Crippen molar-refractivity contribution in [3.63, 3.8) is 0 Å². The number of aliphatic hydroxyl groups is 2. The lowest BCUT2D eigenvalue weighted by Gasteiger charge is -2.22. The topological polar surface area (TPSA) is 143 Å². The van der Waals surface area contributed by atoms with Gasteiger partial charge in [-0.15, -0.1) is 0 Å². The van der Waals surface area contributed by atoms with E-state index >= 15 is 0 Å². The van der Waals surface area contributed by atoms with Gasteiger partial charge < -0.3 is 36.0 Å². The van der Waals surface area contributed by atoms with Gasteiger partial charge in [0.25, 0.3) is 0 Å². The van der Waals surface area contributed by atoms with E-state index in [9.17, 15) is 20.1 Å². The maximum absolute atomic E-state index is 13.6. The summed E-state index contributed by atoms with van der Waals surface area (Å²) in [5.74, 6) is -0.767. The number of aromatic nitrogens is 2. The molecule has 3 aromatic rings. The molecule has 1 heterocycles. The van der Waals surface area contributed by atoms with Crippen molar-refractivity contribution in [3.8, 4) is 22.8 Å². The summed E-state index contributed by atoms with van der Waals surface area (Å²) in [5, 5.41) is 52.5. The van der Waals surface area contributed by atoms with E-state index in [1.807, 2.05) is 19.9 Å². The zero-order valence-electron chi connectivity index (χ0n) is 20.1. The third kappa shape index (κ3) is 4.70. The molecule has 188 valence electrons. The molecule has 1 aliphatic carbocycles. The number of aromatic hydroxyl groups is 2. The number of nitrogens with one attached hydrogen (secondary N) is 2. The predicted octanol–water partition coefficient (Wildman–Crippen LogP) is 1.36. The van der Waals surface area contributed by atoms with Crippen molar-refractivity contribution >= 4 is 22.4 Å². The SMILES string of the molecule is CCN(CC)CC(O)Cn1nc2c3c(c(NCCNCCO)ccc31)C(=O)c1c(O)ccc(O)c1-2. The van der Waals surface area contributed by atoms with E-state index in [1.165, 1.54) is 12.1 Å². The third-order valence-corrected chi connectivity index (χ3v) is 6.42. The molecule has 10 nitrogen and oxygen atoms in total. The fourth-order valence-corrected chi connectivity index (χ4v) is 4.67. The summed E-state index contributed by atoms with van der Waals surface area (Å²) in [5.41, 5.74) is 2.24. The van der Waals surface area contributed by atoms with Crippen LogP contribution in [0.25, 0.3) is 22.2 Å². The van der Waals surface area contributed by atoms with Crippen molar-refractivity contribution in [2.45, 2.75) is 26.5 Å². The highest BCUT2D eigenvalue weighted by Gasteiger charge is 2.35. The number of ketones is 1. The largest absolute Gasteiger partial charge is 0.507 e. The van der Waals surface area contributed by atoms with Gasteiger partial charge in [0.1, 0.15) is 17.2 Å². The van der Waals surface area contributed by atoms with Crippen LogP contribution in [0, 0.1) is 0 Å². The van der Waals surface area contributed by atoms with Gasteiger partial charge >= 0.3 is 0 Å². The maximum Gasteiger partial charge on any atom is 0.200 e. The van der Waals surface area contributed by atoms with Gasteiger partial charge in [0.15, 0.2) is 5.78 Å². The van der Waals surface area contributed by atoms with Crippen LogP contribution in [0.1, 0.15) is 29.8 Å². The molecule has 0 aliphatic heterocycles. The van der Waals surface area contributed by atoms with E-state index in [2.05, 4.69) is 15.5 Å². The van der Waals surface area contributed by atoms with Gasteiger partial charge in [-0.3, -0.25) is 9.48 Å². The van der Waals surface area contributed by atoms with E-state index in [4.69, 9.17) is 10.2 Å². The number of aliphatic hydroxyl groups excluding tert-OH is 2. The number of hydrogen-bond acceptors (Lipinski definition) is 9. The molecule has 0 bridgehead atoms. The Kier molecular flexibility index (Phi) is 7.56. The van der Waals surface area contributed by atoms with Crippen molar-refractivity contribution in [1.82, 2.24) is 20.0 Å². The number of phenolic OH excluding ortho intramolecular Hbond substituents is 2. The molecule has 0 fully saturated rings. The minimum atomic E-state index is -0.682. The van der Waals surface area contributed by atoms with Gasteiger partial charge in [-0.05, 0) is 37.4 Å². The fourth-order valence-electron chi connectivity index (χ4n) is 4.67. The number of phenols is 2. The van der Waals surface area contributed by atoms with Crippen LogP contribution in [-0.4, -0.2) is 92.9 Å². The summed E-state index contributed by atoms with van der Waals surface area (Å²) in [4.78, 5) is 15.7. The van der Waals surface area contributed by atoms with Crippen LogP contribution < -0.4 is 10.6 Å². The number of carbonyl (C=O) groups excluding carboxylic acids is 1. The van der Waals surface area contributed by atoms with Gasteiger partial charge in [-0.1, -0.05) is 13.8 Å². The van der Waals surface area contributed by atoms with Gasteiger partial charge in [0, 0.05) is 37.3 Å². The van der Waals surface area contributed by atoms with Crippen molar-refractivity contribution in [3.05, 3.63) is 35.4 Å². The lowest BCUT2D eigenvalue weighted by Crippen LogP contribution is -2.34. The van der Waals surface area contributed by atoms with Crippen LogP contribution >= 0.6 is 0 Å². The minimum Gasteiger partial charge on any atom is -0.507 e. The van der Waals surface area contributed by atoms with E-state index in [-0.39, 0.29) is 35.8 Å². The number of rotatable bonds is 12. The molecular weight excluding hydrogens is 450 g/mol. The first-order chi connectivity index (χ1) is 16.9. The second-order valence-electron chi connectivity index (χ2n) is 8.64. The molecule has 0 radical (unpaired) electrons. The van der Waals surface area contributed by atoms with Gasteiger partial charge in [-0.2, -0.15) is 5.10 Å². The van der Waals surface area contributed by atoms with Crippen LogP contribution in [0.5, 0.6) is 11.5 Å². The fraction of sp³-hybridized carbons (Fsp3) is 0.440. The summed E-state index contributed by atoms with van der Waals surface area (Å²) < 4.78 is 1.67. The quantitative estimate of drug-likeness (QED) is 0.130. The predicted molar refractivity (Wildman–Crippen MR) is 134 cm³/mol. The number of fused-ring (bicyclic) bond motifs is 2. The molecule has 2 aromatic carbocycles. The molecule has 10 heteroatoms. The van der Waals surface area contributed by atoms with E-state index in [0.29, 0.717) is 54.0 Å². The summed E-state index contributed by atoms with van der Waals surface area (Å²) in [6.07, 6.45) is -0.682. The zero-order valence-corrected chi connectivity index (χ0v) is 20.1. The standard InChI is InChI=1S/C25H33N5O5/c1-3-29(4-2)13-15(32)14-30-17-6-5-16(27-10-9-26-11-12-31)20-21(17)24(28-30)22-18(33)7-8-19(34)23(22)25(20)35/h5-8,15,26-27,31-34H,3-4,9-14H2,1-2H3. The van der Waals surface area contributed by atoms with Crippen LogP contribution in [0.15, 0.2) is 24.3 Å². The van der Waals surface area contributed by atoms with Crippen LogP contribution in [-0.2, 0) is 6.54 Å². The molecule has 0 saturated heterocycles. The molecule has 1 aliphatic rings. The van der Waals surface area contributed by atoms with Crippen molar-refractivity contribution in [2.24, 2.45) is 0 Å². The van der Waals surface area contributed by atoms with E-state index in [0.717, 1.165) is 13.1 Å². The minimum absolute atomic E-state index is 0.0143. The number of likely N-dealkylation sites (N-methyl/N-ethyl adjacent to an activating group) is 1. The van der Waals surface area contributed by atoms with E-state index in [1.54, 1.807) is 10.7 Å². The Labute approximate surface area is 203 Å². The lowest BCUT2D eigenvalue weighted by molar-refractivity contribution is 0.101. The number of hydrogen-bond donors (Lipinski definition) is 6. The zero-order chi connectivity index (χ0) is 25.1. The number of carbonyl (C=O) groups is 1. The Hall–Kier alpha value is -3.18. The second-order valence-corrected chi connectivity index (χ2v) is 8.64. The van der Waals surface area contributed by atoms with Crippen molar-refractivity contribution in [1.29, 1.82) is 0 Å². The molecule has 1 atom stereocenters. The molecule has 1 aromatic heterocycles. The highest BCUT2D eigenvalue weighted by Crippen LogP contribution is 2.47. The first kappa shape index (κ1) is 24.9. The highest BCUT2D eigenvalue weighted by atomic mass is 16.3. The third-order valence-electron chi connectivity index (χ3n) is 6.42. The normalized spacial score (nSPS) is 13.5. The molecular formula is C25H33N5O5. The van der Waals surface area contributed by atoms with Crippen LogP contribution in [0.4, 0.5) is 5.69 Å². The summed E-state index contributed by atoms with van der Waals surface area (Å²) in [7, 11) is 0. The first-order valence-corrected chi connectivity index (χ1v) is 12.0.